The molecule has 0 heterocycles. The van der Waals surface area contributed by atoms with Crippen LogP contribution in [0.4, 0.5) is 13.2 Å². The minimum atomic E-state index is -4.50. The van der Waals surface area contributed by atoms with E-state index in [4.69, 9.17) is 11.6 Å². The molecule has 0 N–H and O–H groups in total. The highest BCUT2D eigenvalue weighted by Gasteiger charge is 2.31. The van der Waals surface area contributed by atoms with Gasteiger partial charge < -0.3 is 0 Å². The van der Waals surface area contributed by atoms with Gasteiger partial charge in [-0.1, -0.05) is 41.9 Å². The normalized spacial score (nSPS) is 11.4. The number of benzene rings is 2. The third-order valence-corrected chi connectivity index (χ3v) is 2.90. The van der Waals surface area contributed by atoms with Gasteiger partial charge in [0.05, 0.1) is 10.6 Å². The number of carbonyl (C=O) groups excluding carboxylic acids is 1. The lowest BCUT2D eigenvalue weighted by Gasteiger charge is -2.09. The molecule has 0 unspecified atom stereocenters. The monoisotopic (exact) mass is 284 g/mol. The maximum Gasteiger partial charge on any atom is 0.416 e. The zero-order valence-electron chi connectivity index (χ0n) is 9.54. The molecule has 5 heteroatoms. The van der Waals surface area contributed by atoms with Crippen molar-refractivity contribution in [2.75, 3.05) is 0 Å². The molecule has 2 aromatic rings. The predicted molar refractivity (Wildman–Crippen MR) is 66.3 cm³/mol. The largest absolute Gasteiger partial charge is 0.416 e. The van der Waals surface area contributed by atoms with Crippen LogP contribution in [0.25, 0.3) is 0 Å². The van der Waals surface area contributed by atoms with Crippen LogP contribution in [0.3, 0.4) is 0 Å². The van der Waals surface area contributed by atoms with E-state index in [-0.39, 0.29) is 10.6 Å². The second kappa shape index (κ2) is 5.05. The number of ketones is 1. The fourth-order valence-corrected chi connectivity index (χ4v) is 1.82. The quantitative estimate of drug-likeness (QED) is 0.737. The minimum absolute atomic E-state index is 0.00172. The van der Waals surface area contributed by atoms with Crippen LogP contribution in [0.2, 0.25) is 5.02 Å². The zero-order valence-corrected chi connectivity index (χ0v) is 10.3. The highest BCUT2D eigenvalue weighted by molar-refractivity contribution is 6.35. The number of alkyl halides is 3. The SMILES string of the molecule is O=C(c1ccccc1)c1cc(C(F)(F)F)ccc1Cl. The van der Waals surface area contributed by atoms with Crippen LogP contribution in [-0.4, -0.2) is 5.78 Å². The van der Waals surface area contributed by atoms with Crippen LogP contribution in [0.5, 0.6) is 0 Å². The second-order valence-electron chi connectivity index (χ2n) is 3.89. The van der Waals surface area contributed by atoms with Crippen LogP contribution < -0.4 is 0 Å². The fourth-order valence-electron chi connectivity index (χ4n) is 1.62. The molecule has 1 nitrogen and oxygen atoms in total. The standard InChI is InChI=1S/C14H8ClF3O/c15-12-7-6-10(14(16,17)18)8-11(12)13(19)9-4-2-1-3-5-9/h1-8H. The first-order chi connectivity index (χ1) is 8.89. The van der Waals surface area contributed by atoms with E-state index >= 15 is 0 Å². The summed E-state index contributed by atoms with van der Waals surface area (Å²) in [5.41, 5.74) is -0.748. The number of carbonyl (C=O) groups is 1. The van der Waals surface area contributed by atoms with Gasteiger partial charge in [0, 0.05) is 11.1 Å². The Bertz CT molecular complexity index is 606. The molecule has 0 radical (unpaired) electrons. The van der Waals surface area contributed by atoms with Crippen LogP contribution >= 0.6 is 11.6 Å². The van der Waals surface area contributed by atoms with Gasteiger partial charge in [-0.25, -0.2) is 0 Å². The Kier molecular flexibility index (Phi) is 3.62. The first-order valence-electron chi connectivity index (χ1n) is 5.36. The average Bonchev–Trinajstić information content (AvgIpc) is 2.38. The Balaban J connectivity index is 2.48. The summed E-state index contributed by atoms with van der Waals surface area (Å²) in [5, 5.41) is 0.00172. The van der Waals surface area contributed by atoms with Crippen LogP contribution in [-0.2, 0) is 6.18 Å². The van der Waals surface area contributed by atoms with Gasteiger partial charge in [-0.3, -0.25) is 4.79 Å². The molecule has 0 aliphatic carbocycles. The van der Waals surface area contributed by atoms with Crippen LogP contribution in [0, 0.1) is 0 Å². The summed E-state index contributed by atoms with van der Waals surface area (Å²) in [6, 6.07) is 10.7. The smallest absolute Gasteiger partial charge is 0.289 e. The Morgan fingerprint density at radius 3 is 2.21 bits per heavy atom. The summed E-state index contributed by atoms with van der Waals surface area (Å²) in [4.78, 5) is 12.1. The van der Waals surface area contributed by atoms with Crippen molar-refractivity contribution in [2.24, 2.45) is 0 Å². The maximum absolute atomic E-state index is 12.6. The van der Waals surface area contributed by atoms with Gasteiger partial charge in [0.15, 0.2) is 5.78 Å². The van der Waals surface area contributed by atoms with Crippen molar-refractivity contribution in [3.05, 3.63) is 70.2 Å². The van der Waals surface area contributed by atoms with E-state index in [0.717, 1.165) is 18.2 Å². The minimum Gasteiger partial charge on any atom is -0.289 e. The molecule has 0 aromatic heterocycles. The third-order valence-electron chi connectivity index (χ3n) is 2.57. The molecule has 0 aliphatic rings. The molecule has 0 spiro atoms. The first-order valence-corrected chi connectivity index (χ1v) is 5.74. The van der Waals surface area contributed by atoms with Crippen molar-refractivity contribution in [3.8, 4) is 0 Å². The fraction of sp³-hybridized carbons (Fsp3) is 0.0714. The molecule has 98 valence electrons. The van der Waals surface area contributed by atoms with Gasteiger partial charge in [-0.2, -0.15) is 13.2 Å². The third kappa shape index (κ3) is 2.96. The number of hydrogen-bond acceptors (Lipinski definition) is 1. The van der Waals surface area contributed by atoms with Crippen molar-refractivity contribution in [1.82, 2.24) is 0 Å². The van der Waals surface area contributed by atoms with Gasteiger partial charge in [0.2, 0.25) is 0 Å². The van der Waals surface area contributed by atoms with Crippen molar-refractivity contribution in [3.63, 3.8) is 0 Å². The van der Waals surface area contributed by atoms with Gasteiger partial charge in [0.1, 0.15) is 0 Å². The molecule has 0 bridgehead atoms. The Morgan fingerprint density at radius 1 is 1.00 bits per heavy atom. The average molecular weight is 285 g/mol. The summed E-state index contributed by atoms with van der Waals surface area (Å²) in [7, 11) is 0. The summed E-state index contributed by atoms with van der Waals surface area (Å²) < 4.78 is 37.8. The molecule has 0 atom stereocenters. The van der Waals surface area contributed by atoms with Crippen LogP contribution in [0.1, 0.15) is 21.5 Å². The Labute approximate surface area is 112 Å². The molecule has 0 aliphatic heterocycles. The highest BCUT2D eigenvalue weighted by Crippen LogP contribution is 2.32. The molecular weight excluding hydrogens is 277 g/mol. The van der Waals surface area contributed by atoms with Gasteiger partial charge in [-0.05, 0) is 18.2 Å². The molecule has 19 heavy (non-hydrogen) atoms. The van der Waals surface area contributed by atoms with Crippen molar-refractivity contribution in [2.45, 2.75) is 6.18 Å². The van der Waals surface area contributed by atoms with Crippen molar-refractivity contribution in [1.29, 1.82) is 0 Å². The molecular formula is C14H8ClF3O. The van der Waals surface area contributed by atoms with E-state index in [1.165, 1.54) is 12.1 Å². The first kappa shape index (κ1) is 13.6. The van der Waals surface area contributed by atoms with E-state index < -0.39 is 17.5 Å². The summed E-state index contributed by atoms with van der Waals surface area (Å²) in [6.45, 7) is 0. The summed E-state index contributed by atoms with van der Waals surface area (Å²) in [5.74, 6) is -0.531. The van der Waals surface area contributed by atoms with E-state index in [1.54, 1.807) is 18.2 Å². The lowest BCUT2D eigenvalue weighted by molar-refractivity contribution is -0.137. The Morgan fingerprint density at radius 2 is 1.63 bits per heavy atom. The molecule has 2 aromatic carbocycles. The molecule has 0 amide bonds. The maximum atomic E-state index is 12.6. The van der Waals surface area contributed by atoms with Gasteiger partial charge >= 0.3 is 6.18 Å². The van der Waals surface area contributed by atoms with E-state index in [1.807, 2.05) is 0 Å². The van der Waals surface area contributed by atoms with Gasteiger partial charge in [-0.15, -0.1) is 0 Å². The summed E-state index contributed by atoms with van der Waals surface area (Å²) >= 11 is 5.80. The van der Waals surface area contributed by atoms with Gasteiger partial charge in [0.25, 0.3) is 0 Å². The number of rotatable bonds is 2. The summed E-state index contributed by atoms with van der Waals surface area (Å²) in [6.07, 6.45) is -4.50. The number of halogens is 4. The molecule has 2 rings (SSSR count). The molecule has 0 saturated heterocycles. The molecule has 0 fully saturated rings. The highest BCUT2D eigenvalue weighted by atomic mass is 35.5. The zero-order chi connectivity index (χ0) is 14.0. The second-order valence-corrected chi connectivity index (χ2v) is 4.29. The molecule has 0 saturated carbocycles. The Hall–Kier alpha value is -1.81. The van der Waals surface area contributed by atoms with Crippen molar-refractivity contribution < 1.29 is 18.0 Å². The van der Waals surface area contributed by atoms with E-state index in [2.05, 4.69) is 0 Å². The van der Waals surface area contributed by atoms with E-state index in [9.17, 15) is 18.0 Å². The van der Waals surface area contributed by atoms with Crippen molar-refractivity contribution >= 4 is 17.4 Å². The van der Waals surface area contributed by atoms with E-state index in [0.29, 0.717) is 5.56 Å². The lowest BCUT2D eigenvalue weighted by atomic mass is 10.0. The predicted octanol–water partition coefficient (Wildman–Crippen LogP) is 4.59. The topological polar surface area (TPSA) is 17.1 Å². The number of hydrogen-bond donors (Lipinski definition) is 0. The van der Waals surface area contributed by atoms with Crippen LogP contribution in [0.15, 0.2) is 48.5 Å². The lowest BCUT2D eigenvalue weighted by Crippen LogP contribution is -2.08.